The monoisotopic (exact) mass is 226 g/mol. The Balaban J connectivity index is 2.56. The molecule has 0 bridgehead atoms. The maximum Gasteiger partial charge on any atom is 0.507 e. The van der Waals surface area contributed by atoms with Crippen molar-refractivity contribution in [1.29, 1.82) is 0 Å². The van der Waals surface area contributed by atoms with E-state index < -0.39 is 6.16 Å². The summed E-state index contributed by atoms with van der Waals surface area (Å²) in [5.41, 5.74) is 0.851. The molecule has 0 saturated heterocycles. The molecular weight excluding hydrogens is 212 g/mol. The highest BCUT2D eigenvalue weighted by Crippen LogP contribution is 2.24. The van der Waals surface area contributed by atoms with E-state index in [1.807, 2.05) is 0 Å². The van der Waals surface area contributed by atoms with Crippen LogP contribution in [0, 0.1) is 0 Å². The van der Waals surface area contributed by atoms with Gasteiger partial charge in [0.15, 0.2) is 0 Å². The summed E-state index contributed by atoms with van der Waals surface area (Å²) in [5, 5.41) is 9.23. The molecule has 0 amide bonds. The lowest BCUT2D eigenvalue weighted by Crippen LogP contribution is -2.07. The molecule has 1 rings (SSSR count). The Labute approximate surface area is 93.6 Å². The van der Waals surface area contributed by atoms with Gasteiger partial charge in [-0.1, -0.05) is 6.07 Å². The van der Waals surface area contributed by atoms with E-state index in [0.29, 0.717) is 12.2 Å². The fourth-order valence-corrected chi connectivity index (χ4v) is 1.24. The SMILES string of the molecule is COC(=O)OCCc1ccc(O)cc1OC. The van der Waals surface area contributed by atoms with Crippen LogP contribution in [0.1, 0.15) is 5.56 Å². The second-order valence-corrected chi connectivity index (χ2v) is 3.05. The zero-order chi connectivity index (χ0) is 12.0. The third kappa shape index (κ3) is 3.34. The third-order valence-corrected chi connectivity index (χ3v) is 2.03. The van der Waals surface area contributed by atoms with Gasteiger partial charge in [-0.05, 0) is 11.6 Å². The molecule has 5 nitrogen and oxygen atoms in total. The summed E-state index contributed by atoms with van der Waals surface area (Å²) in [4.78, 5) is 10.7. The van der Waals surface area contributed by atoms with Crippen molar-refractivity contribution in [3.05, 3.63) is 23.8 Å². The Kier molecular flexibility index (Phi) is 4.44. The number of hydrogen-bond donors (Lipinski definition) is 1. The second kappa shape index (κ2) is 5.85. The quantitative estimate of drug-likeness (QED) is 0.792. The number of rotatable bonds is 4. The first-order chi connectivity index (χ1) is 7.67. The highest BCUT2D eigenvalue weighted by Gasteiger charge is 2.06. The van der Waals surface area contributed by atoms with Crippen molar-refractivity contribution in [3.63, 3.8) is 0 Å². The van der Waals surface area contributed by atoms with Crippen LogP contribution >= 0.6 is 0 Å². The average molecular weight is 226 g/mol. The number of hydrogen-bond acceptors (Lipinski definition) is 5. The first-order valence-electron chi connectivity index (χ1n) is 4.74. The Morgan fingerprint density at radius 2 is 2.12 bits per heavy atom. The van der Waals surface area contributed by atoms with Crippen molar-refractivity contribution in [3.8, 4) is 11.5 Å². The Morgan fingerprint density at radius 3 is 2.75 bits per heavy atom. The number of methoxy groups -OCH3 is 2. The normalized spacial score (nSPS) is 9.62. The Bertz CT molecular complexity index is 361. The highest BCUT2D eigenvalue weighted by atomic mass is 16.7. The molecule has 1 aromatic carbocycles. The lowest BCUT2D eigenvalue weighted by atomic mass is 10.1. The lowest BCUT2D eigenvalue weighted by Gasteiger charge is -2.08. The van der Waals surface area contributed by atoms with Gasteiger partial charge in [-0.2, -0.15) is 0 Å². The molecule has 0 spiro atoms. The van der Waals surface area contributed by atoms with E-state index in [-0.39, 0.29) is 12.4 Å². The van der Waals surface area contributed by atoms with Crippen LogP contribution in [0.15, 0.2) is 18.2 Å². The van der Waals surface area contributed by atoms with Gasteiger partial charge in [0, 0.05) is 12.5 Å². The van der Waals surface area contributed by atoms with Crippen LogP contribution in [0.5, 0.6) is 11.5 Å². The molecule has 1 aromatic rings. The summed E-state index contributed by atoms with van der Waals surface area (Å²) in [5.74, 6) is 0.697. The second-order valence-electron chi connectivity index (χ2n) is 3.05. The Hall–Kier alpha value is -1.91. The van der Waals surface area contributed by atoms with Crippen molar-refractivity contribution >= 4 is 6.16 Å². The molecular formula is C11H14O5. The maximum atomic E-state index is 10.7. The summed E-state index contributed by atoms with van der Waals surface area (Å²) in [7, 11) is 2.77. The zero-order valence-electron chi connectivity index (χ0n) is 9.23. The van der Waals surface area contributed by atoms with Gasteiger partial charge in [0.05, 0.1) is 20.8 Å². The minimum atomic E-state index is -0.710. The molecule has 0 atom stereocenters. The number of phenols is 1. The summed E-state index contributed by atoms with van der Waals surface area (Å²) >= 11 is 0. The van der Waals surface area contributed by atoms with Gasteiger partial charge in [0.1, 0.15) is 11.5 Å². The molecule has 0 aliphatic heterocycles. The molecule has 1 N–H and O–H groups in total. The number of ether oxygens (including phenoxy) is 3. The van der Waals surface area contributed by atoms with Gasteiger partial charge < -0.3 is 19.3 Å². The van der Waals surface area contributed by atoms with E-state index in [0.717, 1.165) is 5.56 Å². The summed E-state index contributed by atoms with van der Waals surface area (Å²) in [6, 6.07) is 4.78. The van der Waals surface area contributed by atoms with Gasteiger partial charge >= 0.3 is 6.16 Å². The molecule has 88 valence electrons. The van der Waals surface area contributed by atoms with Gasteiger partial charge in [-0.15, -0.1) is 0 Å². The predicted octanol–water partition coefficient (Wildman–Crippen LogP) is 1.73. The Morgan fingerprint density at radius 1 is 1.38 bits per heavy atom. The van der Waals surface area contributed by atoms with E-state index >= 15 is 0 Å². The molecule has 0 aliphatic rings. The van der Waals surface area contributed by atoms with Gasteiger partial charge in [-0.3, -0.25) is 0 Å². The van der Waals surface area contributed by atoms with E-state index in [1.54, 1.807) is 12.1 Å². The third-order valence-electron chi connectivity index (χ3n) is 2.03. The van der Waals surface area contributed by atoms with Gasteiger partial charge in [0.25, 0.3) is 0 Å². The van der Waals surface area contributed by atoms with Crippen LogP contribution in [0.2, 0.25) is 0 Å². The van der Waals surface area contributed by atoms with Crippen molar-refractivity contribution < 1.29 is 24.1 Å². The van der Waals surface area contributed by atoms with E-state index in [1.165, 1.54) is 20.3 Å². The van der Waals surface area contributed by atoms with Crippen LogP contribution in [0.3, 0.4) is 0 Å². The minimum Gasteiger partial charge on any atom is -0.508 e. The van der Waals surface area contributed by atoms with Crippen molar-refractivity contribution in [2.45, 2.75) is 6.42 Å². The van der Waals surface area contributed by atoms with Crippen molar-refractivity contribution in [2.75, 3.05) is 20.8 Å². The molecule has 16 heavy (non-hydrogen) atoms. The van der Waals surface area contributed by atoms with Gasteiger partial charge in [-0.25, -0.2) is 4.79 Å². The summed E-state index contributed by atoms with van der Waals surface area (Å²) < 4.78 is 14.2. The number of carbonyl (C=O) groups excluding carboxylic acids is 1. The first-order valence-corrected chi connectivity index (χ1v) is 4.74. The molecule has 5 heteroatoms. The maximum absolute atomic E-state index is 10.7. The average Bonchev–Trinajstić information content (AvgIpc) is 2.30. The van der Waals surface area contributed by atoms with E-state index in [9.17, 15) is 9.90 Å². The van der Waals surface area contributed by atoms with E-state index in [4.69, 9.17) is 9.47 Å². The molecule has 0 saturated carbocycles. The van der Waals surface area contributed by atoms with Crippen molar-refractivity contribution in [1.82, 2.24) is 0 Å². The predicted molar refractivity (Wildman–Crippen MR) is 56.7 cm³/mol. The first kappa shape index (κ1) is 12.2. The number of benzene rings is 1. The number of phenolic OH excluding ortho intramolecular Hbond substituents is 1. The molecule has 0 fully saturated rings. The molecule has 0 radical (unpaired) electrons. The number of aromatic hydroxyl groups is 1. The fourth-order valence-electron chi connectivity index (χ4n) is 1.24. The lowest BCUT2D eigenvalue weighted by molar-refractivity contribution is 0.0735. The molecule has 0 aliphatic carbocycles. The largest absolute Gasteiger partial charge is 0.508 e. The van der Waals surface area contributed by atoms with Crippen LogP contribution in [-0.4, -0.2) is 32.1 Å². The van der Waals surface area contributed by atoms with E-state index in [2.05, 4.69) is 4.74 Å². The fraction of sp³-hybridized carbons (Fsp3) is 0.364. The highest BCUT2D eigenvalue weighted by molar-refractivity contribution is 5.59. The topological polar surface area (TPSA) is 65.0 Å². The van der Waals surface area contributed by atoms with Crippen LogP contribution in [-0.2, 0) is 15.9 Å². The summed E-state index contributed by atoms with van der Waals surface area (Å²) in [6.45, 7) is 0.202. The standard InChI is InChI=1S/C11H14O5/c1-14-10-7-9(12)4-3-8(10)5-6-16-11(13)15-2/h3-4,7,12H,5-6H2,1-2H3. The smallest absolute Gasteiger partial charge is 0.507 e. The zero-order valence-corrected chi connectivity index (χ0v) is 9.23. The number of carbonyl (C=O) groups is 1. The van der Waals surface area contributed by atoms with Crippen LogP contribution < -0.4 is 4.74 Å². The van der Waals surface area contributed by atoms with Crippen molar-refractivity contribution in [2.24, 2.45) is 0 Å². The molecule has 0 unspecified atom stereocenters. The minimum absolute atomic E-state index is 0.134. The molecule has 0 heterocycles. The summed E-state index contributed by atoms with van der Waals surface area (Å²) in [6.07, 6.45) is -0.212. The molecule has 0 aromatic heterocycles. The van der Waals surface area contributed by atoms with Crippen LogP contribution in [0.25, 0.3) is 0 Å². The van der Waals surface area contributed by atoms with Gasteiger partial charge in [0.2, 0.25) is 0 Å². The van der Waals surface area contributed by atoms with Crippen LogP contribution in [0.4, 0.5) is 4.79 Å².